The molecule has 2 rings (SSSR count). The lowest BCUT2D eigenvalue weighted by molar-refractivity contribution is -0.162. The van der Waals surface area contributed by atoms with Crippen molar-refractivity contribution in [1.29, 1.82) is 0 Å². The summed E-state index contributed by atoms with van der Waals surface area (Å²) in [4.78, 5) is 12.7. The van der Waals surface area contributed by atoms with Crippen LogP contribution in [0.5, 0.6) is 0 Å². The Balaban J connectivity index is 2.28. The van der Waals surface area contributed by atoms with Gasteiger partial charge in [0.15, 0.2) is 0 Å². The summed E-state index contributed by atoms with van der Waals surface area (Å²) in [5.74, 6) is -0.161. The van der Waals surface area contributed by atoms with Crippen LogP contribution in [0.15, 0.2) is 28.7 Å². The van der Waals surface area contributed by atoms with Crippen molar-refractivity contribution in [3.8, 4) is 0 Å². The number of rotatable bonds is 2. The molecule has 0 saturated carbocycles. The summed E-state index contributed by atoms with van der Waals surface area (Å²) in [7, 11) is 0. The Morgan fingerprint density at radius 1 is 1.29 bits per heavy atom. The molecular formula is C17H24BrNO2. The molecule has 1 saturated heterocycles. The third-order valence-corrected chi connectivity index (χ3v) is 4.45. The van der Waals surface area contributed by atoms with E-state index in [0.717, 1.165) is 11.0 Å². The number of nitrogens with one attached hydrogen (secondary N) is 1. The Hall–Kier alpha value is -0.870. The highest BCUT2D eigenvalue weighted by molar-refractivity contribution is 9.10. The molecule has 0 spiro atoms. The van der Waals surface area contributed by atoms with Gasteiger partial charge in [0.1, 0.15) is 5.60 Å². The Morgan fingerprint density at radius 2 is 1.86 bits per heavy atom. The van der Waals surface area contributed by atoms with Crippen molar-refractivity contribution >= 4 is 21.9 Å². The Labute approximate surface area is 135 Å². The second kappa shape index (κ2) is 5.73. The molecule has 1 fully saturated rings. The number of carbonyl (C=O) groups excluding carboxylic acids is 1. The van der Waals surface area contributed by atoms with Crippen molar-refractivity contribution in [3.63, 3.8) is 0 Å². The summed E-state index contributed by atoms with van der Waals surface area (Å²) in [6, 6.07) is 8.20. The maximum atomic E-state index is 12.7. The van der Waals surface area contributed by atoms with E-state index in [1.54, 1.807) is 0 Å². The molecule has 21 heavy (non-hydrogen) atoms. The molecule has 1 aromatic rings. The number of hydrogen-bond acceptors (Lipinski definition) is 3. The second-order valence-corrected chi connectivity index (χ2v) is 8.19. The average molecular weight is 354 g/mol. The lowest BCUT2D eigenvalue weighted by Gasteiger charge is -2.31. The number of ether oxygens (including phenoxy) is 1. The predicted molar refractivity (Wildman–Crippen MR) is 88.3 cm³/mol. The fourth-order valence-electron chi connectivity index (χ4n) is 2.95. The highest BCUT2D eigenvalue weighted by Gasteiger charge is 2.48. The van der Waals surface area contributed by atoms with Crippen molar-refractivity contribution in [2.75, 3.05) is 6.54 Å². The first kappa shape index (κ1) is 16.5. The first-order valence-electron chi connectivity index (χ1n) is 7.33. The molecule has 4 heteroatoms. The molecule has 0 bridgehead atoms. The topological polar surface area (TPSA) is 38.3 Å². The molecule has 1 N–H and O–H groups in total. The quantitative estimate of drug-likeness (QED) is 0.820. The van der Waals surface area contributed by atoms with Gasteiger partial charge in [0.25, 0.3) is 0 Å². The lowest BCUT2D eigenvalue weighted by atomic mass is 9.79. The van der Waals surface area contributed by atoms with E-state index in [1.807, 2.05) is 32.9 Å². The number of carbonyl (C=O) groups is 1. The van der Waals surface area contributed by atoms with Gasteiger partial charge in [-0.05, 0) is 52.3 Å². The van der Waals surface area contributed by atoms with Crippen LogP contribution in [-0.4, -0.2) is 23.7 Å². The van der Waals surface area contributed by atoms with Gasteiger partial charge < -0.3 is 10.1 Å². The third kappa shape index (κ3) is 3.86. The normalized spacial score (nSPS) is 24.9. The SMILES string of the molecule is CC(C)(C)OC(=O)C1[C@H](c2ccc(Br)cc2)CNC1(C)C. The molecule has 1 aliphatic heterocycles. The molecule has 0 aromatic heterocycles. The summed E-state index contributed by atoms with van der Waals surface area (Å²) in [6.07, 6.45) is 0. The van der Waals surface area contributed by atoms with E-state index >= 15 is 0 Å². The molecule has 3 nitrogen and oxygen atoms in total. The largest absolute Gasteiger partial charge is 0.460 e. The van der Waals surface area contributed by atoms with Crippen molar-refractivity contribution in [2.24, 2.45) is 5.92 Å². The van der Waals surface area contributed by atoms with Crippen LogP contribution in [0.4, 0.5) is 0 Å². The van der Waals surface area contributed by atoms with Gasteiger partial charge in [-0.2, -0.15) is 0 Å². The van der Waals surface area contributed by atoms with Crippen molar-refractivity contribution in [3.05, 3.63) is 34.3 Å². The van der Waals surface area contributed by atoms with Crippen LogP contribution < -0.4 is 5.32 Å². The van der Waals surface area contributed by atoms with E-state index in [4.69, 9.17) is 4.74 Å². The summed E-state index contributed by atoms with van der Waals surface area (Å²) in [5, 5.41) is 3.46. The molecule has 0 aliphatic carbocycles. The summed E-state index contributed by atoms with van der Waals surface area (Å²) >= 11 is 3.45. The van der Waals surface area contributed by atoms with E-state index < -0.39 is 5.60 Å². The second-order valence-electron chi connectivity index (χ2n) is 7.27. The van der Waals surface area contributed by atoms with Crippen LogP contribution in [0, 0.1) is 5.92 Å². The van der Waals surface area contributed by atoms with E-state index in [2.05, 4.69) is 47.2 Å². The molecule has 1 unspecified atom stereocenters. The van der Waals surface area contributed by atoms with Crippen LogP contribution in [0.2, 0.25) is 0 Å². The molecule has 1 aromatic carbocycles. The van der Waals surface area contributed by atoms with Gasteiger partial charge in [-0.1, -0.05) is 28.1 Å². The third-order valence-electron chi connectivity index (χ3n) is 3.92. The Morgan fingerprint density at radius 3 is 2.38 bits per heavy atom. The standard InChI is InChI=1S/C17H24BrNO2/c1-16(2,3)21-15(20)14-13(10-19-17(14,4)5)11-6-8-12(18)9-7-11/h6-9,13-14,19H,10H2,1-5H3/t13-,14?/m0/s1. The molecule has 0 radical (unpaired) electrons. The first-order valence-corrected chi connectivity index (χ1v) is 8.13. The lowest BCUT2D eigenvalue weighted by Crippen LogP contribution is -2.44. The minimum Gasteiger partial charge on any atom is -0.460 e. The first-order chi connectivity index (χ1) is 9.60. The summed E-state index contributed by atoms with van der Waals surface area (Å²) in [5.41, 5.74) is 0.451. The monoisotopic (exact) mass is 353 g/mol. The maximum Gasteiger partial charge on any atom is 0.311 e. The van der Waals surface area contributed by atoms with E-state index in [-0.39, 0.29) is 23.3 Å². The number of hydrogen-bond donors (Lipinski definition) is 1. The van der Waals surface area contributed by atoms with Crippen LogP contribution >= 0.6 is 15.9 Å². The maximum absolute atomic E-state index is 12.7. The van der Waals surface area contributed by atoms with Gasteiger partial charge in [-0.15, -0.1) is 0 Å². The van der Waals surface area contributed by atoms with E-state index in [0.29, 0.717) is 0 Å². The van der Waals surface area contributed by atoms with Gasteiger partial charge in [-0.25, -0.2) is 0 Å². The van der Waals surface area contributed by atoms with Crippen LogP contribution in [-0.2, 0) is 9.53 Å². The molecule has 1 heterocycles. The zero-order valence-corrected chi connectivity index (χ0v) is 15.0. The number of halogens is 1. The smallest absolute Gasteiger partial charge is 0.311 e. The number of esters is 1. The zero-order valence-electron chi connectivity index (χ0n) is 13.4. The van der Waals surface area contributed by atoms with Gasteiger partial charge in [0.2, 0.25) is 0 Å². The van der Waals surface area contributed by atoms with Gasteiger partial charge in [0.05, 0.1) is 5.92 Å². The van der Waals surface area contributed by atoms with Crippen molar-refractivity contribution in [1.82, 2.24) is 5.32 Å². The highest BCUT2D eigenvalue weighted by atomic mass is 79.9. The molecule has 0 amide bonds. The van der Waals surface area contributed by atoms with Crippen LogP contribution in [0.25, 0.3) is 0 Å². The highest BCUT2D eigenvalue weighted by Crippen LogP contribution is 2.39. The Bertz CT molecular complexity index is 517. The van der Waals surface area contributed by atoms with Gasteiger partial charge in [-0.3, -0.25) is 4.79 Å². The summed E-state index contributed by atoms with van der Waals surface area (Å²) < 4.78 is 6.69. The van der Waals surface area contributed by atoms with Crippen molar-refractivity contribution in [2.45, 2.75) is 51.7 Å². The number of benzene rings is 1. The van der Waals surface area contributed by atoms with Gasteiger partial charge in [0, 0.05) is 22.5 Å². The van der Waals surface area contributed by atoms with Gasteiger partial charge >= 0.3 is 5.97 Å². The summed E-state index contributed by atoms with van der Waals surface area (Å²) in [6.45, 7) is 10.7. The molecule has 116 valence electrons. The van der Waals surface area contributed by atoms with E-state index in [9.17, 15) is 4.79 Å². The van der Waals surface area contributed by atoms with Crippen LogP contribution in [0.1, 0.15) is 46.1 Å². The molecule has 1 aliphatic rings. The van der Waals surface area contributed by atoms with Crippen molar-refractivity contribution < 1.29 is 9.53 Å². The average Bonchev–Trinajstić information content (AvgIpc) is 2.64. The Kier molecular flexibility index (Phi) is 4.50. The predicted octanol–water partition coefficient (Wildman–Crippen LogP) is 3.87. The minimum atomic E-state index is -0.458. The molecule has 2 atom stereocenters. The van der Waals surface area contributed by atoms with Crippen LogP contribution in [0.3, 0.4) is 0 Å². The fraction of sp³-hybridized carbons (Fsp3) is 0.588. The zero-order chi connectivity index (χ0) is 15.8. The van der Waals surface area contributed by atoms with E-state index in [1.165, 1.54) is 5.56 Å². The fourth-order valence-corrected chi connectivity index (χ4v) is 3.21. The minimum absolute atomic E-state index is 0.120. The molecular weight excluding hydrogens is 330 g/mol.